The van der Waals surface area contributed by atoms with Crippen LogP contribution < -0.4 is 11.1 Å². The smallest absolute Gasteiger partial charge is 0.228 e. The molecule has 1 aliphatic rings. The molecular weight excluding hydrogens is 266 g/mol. The maximum Gasteiger partial charge on any atom is 0.228 e. The molecule has 0 bridgehead atoms. The molecule has 6 nitrogen and oxygen atoms in total. The maximum atomic E-state index is 12.2. The zero-order valence-electron chi connectivity index (χ0n) is 12.0. The van der Waals surface area contributed by atoms with Gasteiger partial charge in [0.1, 0.15) is 11.6 Å². The number of nitrogens with zero attached hydrogens (tertiary/aromatic N) is 3. The SMILES string of the molecule is Cc1cc(NC(=O)[C@H]2C[C@@H]2c2nccc(C)n2)cc(N)n1. The second-order valence-electron chi connectivity index (χ2n) is 5.42. The topological polar surface area (TPSA) is 93.8 Å². The molecule has 2 atom stereocenters. The fraction of sp³-hybridized carbons (Fsp3) is 0.333. The van der Waals surface area contributed by atoms with E-state index < -0.39 is 0 Å². The van der Waals surface area contributed by atoms with Crippen molar-refractivity contribution in [2.24, 2.45) is 5.92 Å². The number of nitrogen functional groups attached to an aromatic ring is 1. The molecule has 0 aliphatic heterocycles. The molecule has 0 saturated heterocycles. The number of hydrogen-bond donors (Lipinski definition) is 2. The van der Waals surface area contributed by atoms with Crippen LogP contribution in [0.15, 0.2) is 24.4 Å². The summed E-state index contributed by atoms with van der Waals surface area (Å²) >= 11 is 0. The summed E-state index contributed by atoms with van der Waals surface area (Å²) in [7, 11) is 0. The monoisotopic (exact) mass is 283 g/mol. The van der Waals surface area contributed by atoms with Gasteiger partial charge < -0.3 is 11.1 Å². The Bertz CT molecular complexity index is 680. The van der Waals surface area contributed by atoms with Crippen molar-refractivity contribution in [2.75, 3.05) is 11.1 Å². The standard InChI is InChI=1S/C15H17N5O/c1-8-3-4-17-14(19-8)11-7-12(11)15(21)20-10-5-9(2)18-13(16)6-10/h3-6,11-12H,7H2,1-2H3,(H3,16,18,20,21)/t11-,12-/m0/s1. The first-order chi connectivity index (χ1) is 10.0. The van der Waals surface area contributed by atoms with Crippen LogP contribution in [0.1, 0.15) is 29.6 Å². The van der Waals surface area contributed by atoms with Gasteiger partial charge in [0.05, 0.1) is 0 Å². The van der Waals surface area contributed by atoms with Crippen molar-refractivity contribution in [1.82, 2.24) is 15.0 Å². The normalized spacial score (nSPS) is 20.1. The Morgan fingerprint density at radius 2 is 2.10 bits per heavy atom. The fourth-order valence-electron chi connectivity index (χ4n) is 2.42. The third-order valence-electron chi connectivity index (χ3n) is 3.51. The van der Waals surface area contributed by atoms with E-state index in [9.17, 15) is 4.79 Å². The number of carbonyl (C=O) groups is 1. The highest BCUT2D eigenvalue weighted by atomic mass is 16.2. The Labute approximate surface area is 122 Å². The molecule has 0 unspecified atom stereocenters. The lowest BCUT2D eigenvalue weighted by Gasteiger charge is -2.06. The Balaban J connectivity index is 1.68. The van der Waals surface area contributed by atoms with E-state index in [1.165, 1.54) is 0 Å². The van der Waals surface area contributed by atoms with Crippen LogP contribution in [-0.4, -0.2) is 20.9 Å². The van der Waals surface area contributed by atoms with Crippen LogP contribution in [0.3, 0.4) is 0 Å². The Kier molecular flexibility index (Phi) is 3.29. The summed E-state index contributed by atoms with van der Waals surface area (Å²) in [6.07, 6.45) is 2.52. The van der Waals surface area contributed by atoms with Crippen LogP contribution in [0.2, 0.25) is 0 Å². The summed E-state index contributed by atoms with van der Waals surface area (Å²) in [4.78, 5) is 24.9. The first-order valence-electron chi connectivity index (χ1n) is 6.87. The van der Waals surface area contributed by atoms with E-state index >= 15 is 0 Å². The number of pyridine rings is 1. The molecule has 2 aromatic rings. The van der Waals surface area contributed by atoms with Crippen LogP contribution in [0, 0.1) is 19.8 Å². The number of amides is 1. The number of carbonyl (C=O) groups excluding carboxylic acids is 1. The minimum atomic E-state index is -0.0681. The van der Waals surface area contributed by atoms with E-state index in [1.54, 1.807) is 18.3 Å². The average Bonchev–Trinajstić information content (AvgIpc) is 3.17. The van der Waals surface area contributed by atoms with Crippen molar-refractivity contribution < 1.29 is 4.79 Å². The molecule has 2 aromatic heterocycles. The highest BCUT2D eigenvalue weighted by Crippen LogP contribution is 2.46. The largest absolute Gasteiger partial charge is 0.384 e. The summed E-state index contributed by atoms with van der Waals surface area (Å²) < 4.78 is 0. The lowest BCUT2D eigenvalue weighted by Crippen LogP contribution is -2.15. The second kappa shape index (κ2) is 5.12. The summed E-state index contributed by atoms with van der Waals surface area (Å²) in [5, 5.41) is 2.89. The number of aryl methyl sites for hydroxylation is 2. The molecule has 108 valence electrons. The number of aromatic nitrogens is 3. The summed E-state index contributed by atoms with van der Waals surface area (Å²) in [5.74, 6) is 1.18. The summed E-state index contributed by atoms with van der Waals surface area (Å²) in [6, 6.07) is 5.31. The van der Waals surface area contributed by atoms with E-state index in [-0.39, 0.29) is 17.7 Å². The first-order valence-corrected chi connectivity index (χ1v) is 6.87. The first kappa shape index (κ1) is 13.5. The molecule has 3 N–H and O–H groups in total. The molecule has 21 heavy (non-hydrogen) atoms. The fourth-order valence-corrected chi connectivity index (χ4v) is 2.42. The van der Waals surface area contributed by atoms with Gasteiger partial charge in [-0.2, -0.15) is 0 Å². The van der Waals surface area contributed by atoms with Gasteiger partial charge in [-0.05, 0) is 32.4 Å². The van der Waals surface area contributed by atoms with Gasteiger partial charge in [0.2, 0.25) is 5.91 Å². The van der Waals surface area contributed by atoms with Crippen LogP contribution in [0.4, 0.5) is 11.5 Å². The number of nitrogens with one attached hydrogen (secondary N) is 1. The molecule has 0 aromatic carbocycles. The third-order valence-corrected chi connectivity index (χ3v) is 3.51. The van der Waals surface area contributed by atoms with E-state index in [2.05, 4.69) is 20.3 Å². The lowest BCUT2D eigenvalue weighted by molar-refractivity contribution is -0.117. The van der Waals surface area contributed by atoms with Crippen molar-refractivity contribution in [3.63, 3.8) is 0 Å². The lowest BCUT2D eigenvalue weighted by atomic mass is 10.2. The van der Waals surface area contributed by atoms with Crippen molar-refractivity contribution in [1.29, 1.82) is 0 Å². The molecule has 1 fully saturated rings. The predicted molar refractivity (Wildman–Crippen MR) is 79.6 cm³/mol. The summed E-state index contributed by atoms with van der Waals surface area (Å²) in [6.45, 7) is 3.76. The van der Waals surface area contributed by atoms with E-state index in [4.69, 9.17) is 5.73 Å². The Hall–Kier alpha value is -2.50. The van der Waals surface area contributed by atoms with E-state index in [0.29, 0.717) is 11.5 Å². The summed E-state index contributed by atoms with van der Waals surface area (Å²) in [5.41, 5.74) is 8.06. The van der Waals surface area contributed by atoms with Gasteiger partial charge >= 0.3 is 0 Å². The van der Waals surface area contributed by atoms with Gasteiger partial charge in [-0.25, -0.2) is 15.0 Å². The number of nitrogens with two attached hydrogens (primary N) is 1. The van der Waals surface area contributed by atoms with Gasteiger partial charge in [-0.1, -0.05) is 0 Å². The van der Waals surface area contributed by atoms with Crippen molar-refractivity contribution in [3.8, 4) is 0 Å². The van der Waals surface area contributed by atoms with E-state index in [1.807, 2.05) is 19.9 Å². The molecule has 3 rings (SSSR count). The molecular formula is C15H17N5O. The molecule has 6 heteroatoms. The Morgan fingerprint density at radius 3 is 2.81 bits per heavy atom. The van der Waals surface area contributed by atoms with Gasteiger partial charge in [0.25, 0.3) is 0 Å². The number of anilines is 2. The molecule has 1 amide bonds. The third kappa shape index (κ3) is 2.99. The maximum absolute atomic E-state index is 12.2. The zero-order chi connectivity index (χ0) is 15.0. The molecule has 1 saturated carbocycles. The van der Waals surface area contributed by atoms with Crippen molar-refractivity contribution in [3.05, 3.63) is 41.6 Å². The van der Waals surface area contributed by atoms with Crippen LogP contribution in [-0.2, 0) is 4.79 Å². The number of hydrogen-bond acceptors (Lipinski definition) is 5. The minimum Gasteiger partial charge on any atom is -0.384 e. The van der Waals surface area contributed by atoms with Gasteiger partial charge in [-0.3, -0.25) is 4.79 Å². The molecule has 0 radical (unpaired) electrons. The zero-order valence-corrected chi connectivity index (χ0v) is 12.0. The van der Waals surface area contributed by atoms with Crippen LogP contribution >= 0.6 is 0 Å². The average molecular weight is 283 g/mol. The highest BCUT2D eigenvalue weighted by molar-refractivity contribution is 5.95. The van der Waals surface area contributed by atoms with Crippen LogP contribution in [0.5, 0.6) is 0 Å². The Morgan fingerprint density at radius 1 is 1.29 bits per heavy atom. The van der Waals surface area contributed by atoms with Crippen LogP contribution in [0.25, 0.3) is 0 Å². The molecule has 1 aliphatic carbocycles. The van der Waals surface area contributed by atoms with Crippen molar-refractivity contribution in [2.45, 2.75) is 26.2 Å². The minimum absolute atomic E-state index is 0.0184. The second-order valence-corrected chi connectivity index (χ2v) is 5.42. The quantitative estimate of drug-likeness (QED) is 0.896. The predicted octanol–water partition coefficient (Wildman–Crippen LogP) is 1.81. The van der Waals surface area contributed by atoms with E-state index in [0.717, 1.165) is 23.6 Å². The molecule has 2 heterocycles. The number of rotatable bonds is 3. The van der Waals surface area contributed by atoms with Gasteiger partial charge in [0, 0.05) is 41.2 Å². The highest BCUT2D eigenvalue weighted by Gasteiger charge is 2.46. The van der Waals surface area contributed by atoms with Gasteiger partial charge in [-0.15, -0.1) is 0 Å². The van der Waals surface area contributed by atoms with Gasteiger partial charge in [0.15, 0.2) is 0 Å². The van der Waals surface area contributed by atoms with Crippen molar-refractivity contribution >= 4 is 17.4 Å². The molecule has 0 spiro atoms.